The van der Waals surface area contributed by atoms with Crippen LogP contribution in [0.1, 0.15) is 6.42 Å². The number of carbonyl (C=O) groups excluding carboxylic acids is 1. The molecule has 0 spiro atoms. The average Bonchev–Trinajstić information content (AvgIpc) is 2.14. The van der Waals surface area contributed by atoms with Crippen LogP contribution in [0.25, 0.3) is 0 Å². The van der Waals surface area contributed by atoms with Gasteiger partial charge < -0.3 is 4.74 Å². The minimum Gasteiger partial charge on any atom is -0.491 e. The first-order valence-corrected chi connectivity index (χ1v) is 2.19. The van der Waals surface area contributed by atoms with Crippen molar-refractivity contribution >= 4 is 6.29 Å². The van der Waals surface area contributed by atoms with Crippen molar-refractivity contribution in [2.75, 3.05) is 0 Å². The lowest BCUT2D eigenvalue weighted by molar-refractivity contribution is -0.114. The van der Waals surface area contributed by atoms with Crippen molar-refractivity contribution in [3.05, 3.63) is 12.3 Å². The maximum absolute atomic E-state index is 9.84. The van der Waals surface area contributed by atoms with Gasteiger partial charge in [0, 0.05) is 6.42 Å². The van der Waals surface area contributed by atoms with Gasteiger partial charge >= 0.3 is 0 Å². The molecular formula is C5H6O2. The van der Waals surface area contributed by atoms with Crippen LogP contribution in [0.4, 0.5) is 0 Å². The molecule has 2 heteroatoms. The Kier molecular flexibility index (Phi) is 1.11. The molecule has 7 heavy (non-hydrogen) atoms. The van der Waals surface area contributed by atoms with E-state index in [2.05, 4.69) is 0 Å². The maximum atomic E-state index is 9.84. The molecule has 1 aliphatic heterocycles. The summed E-state index contributed by atoms with van der Waals surface area (Å²) in [6.07, 6.45) is 4.74. The zero-order valence-corrected chi connectivity index (χ0v) is 3.83. The second-order valence-corrected chi connectivity index (χ2v) is 1.42. The fourth-order valence-corrected chi connectivity index (χ4v) is 0.489. The van der Waals surface area contributed by atoms with E-state index in [0.29, 0.717) is 0 Å². The van der Waals surface area contributed by atoms with Crippen LogP contribution in [0, 0.1) is 0 Å². The second kappa shape index (κ2) is 1.78. The predicted molar refractivity (Wildman–Crippen MR) is 24.7 cm³/mol. The molecule has 0 aliphatic carbocycles. The Morgan fingerprint density at radius 3 is 3.00 bits per heavy atom. The molecule has 0 aromatic carbocycles. The molecule has 1 atom stereocenters. The van der Waals surface area contributed by atoms with E-state index in [1.54, 1.807) is 6.26 Å². The summed E-state index contributed by atoms with van der Waals surface area (Å²) in [5, 5.41) is 0. The summed E-state index contributed by atoms with van der Waals surface area (Å²) in [6, 6.07) is 0. The SMILES string of the molecule is O=CC1CC=CO1. The Balaban J connectivity index is 2.35. The van der Waals surface area contributed by atoms with Crippen LogP contribution >= 0.6 is 0 Å². The first-order chi connectivity index (χ1) is 3.43. The van der Waals surface area contributed by atoms with E-state index >= 15 is 0 Å². The van der Waals surface area contributed by atoms with Crippen LogP contribution < -0.4 is 0 Å². The average molecular weight is 98.1 g/mol. The fraction of sp³-hybridized carbons (Fsp3) is 0.400. The molecule has 0 saturated heterocycles. The van der Waals surface area contributed by atoms with Crippen LogP contribution in [0.3, 0.4) is 0 Å². The summed E-state index contributed by atoms with van der Waals surface area (Å²) < 4.78 is 4.75. The van der Waals surface area contributed by atoms with E-state index in [4.69, 9.17) is 4.74 Å². The molecule has 1 aliphatic rings. The minimum absolute atomic E-state index is 0.194. The highest BCUT2D eigenvalue weighted by molar-refractivity contribution is 5.57. The largest absolute Gasteiger partial charge is 0.491 e. The van der Waals surface area contributed by atoms with E-state index in [1.807, 2.05) is 6.08 Å². The Hall–Kier alpha value is -0.790. The highest BCUT2D eigenvalue weighted by atomic mass is 16.5. The standard InChI is InChI=1S/C5H6O2/c6-4-5-2-1-3-7-5/h1,3-5H,2H2. The first-order valence-electron chi connectivity index (χ1n) is 2.19. The quantitative estimate of drug-likeness (QED) is 0.446. The summed E-state index contributed by atoms with van der Waals surface area (Å²) in [4.78, 5) is 9.84. The van der Waals surface area contributed by atoms with Gasteiger partial charge in [-0.05, 0) is 6.08 Å². The Bertz CT molecular complexity index is 88.3. The summed E-state index contributed by atoms with van der Waals surface area (Å²) >= 11 is 0. The molecule has 0 fully saturated rings. The number of aldehydes is 1. The van der Waals surface area contributed by atoms with Crippen molar-refractivity contribution in [3.63, 3.8) is 0 Å². The minimum atomic E-state index is -0.194. The predicted octanol–water partition coefficient (Wildman–Crippen LogP) is 0.488. The van der Waals surface area contributed by atoms with Gasteiger partial charge in [-0.1, -0.05) is 0 Å². The summed E-state index contributed by atoms with van der Waals surface area (Å²) in [5.74, 6) is 0. The van der Waals surface area contributed by atoms with Gasteiger partial charge in [0.2, 0.25) is 0 Å². The van der Waals surface area contributed by atoms with E-state index in [0.717, 1.165) is 12.7 Å². The number of ether oxygens (including phenoxy) is 1. The molecular weight excluding hydrogens is 92.1 g/mol. The fourth-order valence-electron chi connectivity index (χ4n) is 0.489. The second-order valence-electron chi connectivity index (χ2n) is 1.42. The van der Waals surface area contributed by atoms with Crippen molar-refractivity contribution in [1.82, 2.24) is 0 Å². The molecule has 1 unspecified atom stereocenters. The van der Waals surface area contributed by atoms with Gasteiger partial charge in [0.25, 0.3) is 0 Å². The van der Waals surface area contributed by atoms with E-state index < -0.39 is 0 Å². The molecule has 0 aromatic rings. The number of hydrogen-bond acceptors (Lipinski definition) is 2. The third-order valence-corrected chi connectivity index (χ3v) is 0.870. The maximum Gasteiger partial charge on any atom is 0.160 e. The van der Waals surface area contributed by atoms with Crippen molar-refractivity contribution < 1.29 is 9.53 Å². The summed E-state index contributed by atoms with van der Waals surface area (Å²) in [5.41, 5.74) is 0. The van der Waals surface area contributed by atoms with Crippen LogP contribution in [0.15, 0.2) is 12.3 Å². The number of carbonyl (C=O) groups is 1. The van der Waals surface area contributed by atoms with Crippen LogP contribution in [-0.4, -0.2) is 12.4 Å². The summed E-state index contributed by atoms with van der Waals surface area (Å²) in [6.45, 7) is 0. The molecule has 2 nitrogen and oxygen atoms in total. The number of hydrogen-bond donors (Lipinski definition) is 0. The lowest BCUT2D eigenvalue weighted by atomic mass is 10.3. The lowest BCUT2D eigenvalue weighted by Gasteiger charge is -1.95. The molecule has 0 saturated carbocycles. The molecule has 0 radical (unpaired) electrons. The third kappa shape index (κ3) is 0.796. The third-order valence-electron chi connectivity index (χ3n) is 0.870. The molecule has 0 amide bonds. The molecule has 0 bridgehead atoms. The highest BCUT2D eigenvalue weighted by Crippen LogP contribution is 2.04. The highest BCUT2D eigenvalue weighted by Gasteiger charge is 2.06. The van der Waals surface area contributed by atoms with Crippen molar-refractivity contribution in [2.24, 2.45) is 0 Å². The smallest absolute Gasteiger partial charge is 0.160 e. The van der Waals surface area contributed by atoms with Gasteiger partial charge in [-0.2, -0.15) is 0 Å². The van der Waals surface area contributed by atoms with Crippen molar-refractivity contribution in [3.8, 4) is 0 Å². The molecule has 38 valence electrons. The van der Waals surface area contributed by atoms with Crippen molar-refractivity contribution in [2.45, 2.75) is 12.5 Å². The van der Waals surface area contributed by atoms with Crippen LogP contribution in [0.5, 0.6) is 0 Å². The van der Waals surface area contributed by atoms with E-state index in [9.17, 15) is 4.79 Å². The lowest BCUT2D eigenvalue weighted by Crippen LogP contribution is -2.04. The van der Waals surface area contributed by atoms with Gasteiger partial charge in [-0.15, -0.1) is 0 Å². The normalized spacial score (nSPS) is 27.1. The monoisotopic (exact) mass is 98.0 g/mol. The Labute approximate surface area is 41.8 Å². The first kappa shape index (κ1) is 4.37. The van der Waals surface area contributed by atoms with Gasteiger partial charge in [0.1, 0.15) is 0 Å². The Morgan fingerprint density at radius 2 is 2.71 bits per heavy atom. The topological polar surface area (TPSA) is 26.3 Å². The van der Waals surface area contributed by atoms with E-state index in [-0.39, 0.29) is 6.10 Å². The van der Waals surface area contributed by atoms with Crippen LogP contribution in [-0.2, 0) is 9.53 Å². The molecule has 0 aromatic heterocycles. The van der Waals surface area contributed by atoms with Gasteiger partial charge in [0.05, 0.1) is 6.26 Å². The molecule has 1 heterocycles. The summed E-state index contributed by atoms with van der Waals surface area (Å²) in [7, 11) is 0. The van der Waals surface area contributed by atoms with Gasteiger partial charge in [-0.25, -0.2) is 0 Å². The molecule has 1 rings (SSSR count). The van der Waals surface area contributed by atoms with Crippen molar-refractivity contribution in [1.29, 1.82) is 0 Å². The zero-order chi connectivity index (χ0) is 5.11. The molecule has 0 N–H and O–H groups in total. The number of rotatable bonds is 1. The van der Waals surface area contributed by atoms with Gasteiger partial charge in [0.15, 0.2) is 12.4 Å². The van der Waals surface area contributed by atoms with Gasteiger partial charge in [-0.3, -0.25) is 4.79 Å². The Morgan fingerprint density at radius 1 is 1.86 bits per heavy atom. The van der Waals surface area contributed by atoms with Crippen LogP contribution in [0.2, 0.25) is 0 Å². The zero-order valence-electron chi connectivity index (χ0n) is 3.83. The van der Waals surface area contributed by atoms with E-state index in [1.165, 1.54) is 0 Å².